The van der Waals surface area contributed by atoms with Gasteiger partial charge in [-0.1, -0.05) is 166 Å². The smallest absolute Gasteiger partial charge is 0.0625 e. The summed E-state index contributed by atoms with van der Waals surface area (Å²) in [6.45, 7) is 4.78. The topological polar surface area (TPSA) is 3.24 Å². The van der Waals surface area contributed by atoms with Crippen LogP contribution in [0.4, 0.5) is 17.1 Å². The van der Waals surface area contributed by atoms with E-state index in [1.165, 1.54) is 112 Å². The molecule has 2 aromatic heterocycles. The van der Waals surface area contributed by atoms with Crippen LogP contribution < -0.4 is 4.90 Å². The third-order valence-corrected chi connectivity index (χ3v) is 15.6. The van der Waals surface area contributed by atoms with Crippen molar-refractivity contribution >= 4 is 112 Å². The highest BCUT2D eigenvalue weighted by Crippen LogP contribution is 2.55. The largest absolute Gasteiger partial charge is 0.309 e. The lowest BCUT2D eigenvalue weighted by Gasteiger charge is -2.32. The van der Waals surface area contributed by atoms with Crippen LogP contribution in [0.2, 0.25) is 0 Å². The molecule has 10 aromatic carbocycles. The number of hydrogen-bond donors (Lipinski definition) is 0. The molecule has 0 N–H and O–H groups in total. The van der Waals surface area contributed by atoms with E-state index in [1.807, 2.05) is 22.7 Å². The molecule has 0 amide bonds. The van der Waals surface area contributed by atoms with Crippen LogP contribution in [0, 0.1) is 0 Å². The molecular weight excluding hydrogens is 763 g/mol. The van der Waals surface area contributed by atoms with Crippen molar-refractivity contribution in [3.05, 3.63) is 199 Å². The van der Waals surface area contributed by atoms with Gasteiger partial charge < -0.3 is 4.90 Å². The first-order valence-electron chi connectivity index (χ1n) is 20.8. The summed E-state index contributed by atoms with van der Waals surface area (Å²) >= 11 is 3.79. The fourth-order valence-electron chi connectivity index (χ4n) is 10.5. The average Bonchev–Trinajstić information content (AvgIpc) is 3.94. The standard InChI is InChI=1S/C57H37NS2/c1-57(2)49-23-10-7-17-39(49)40-28-26-34(32-50(40)57)58(35-27-29-43-41-18-8-11-24-51(41)59-53(43)33-35)55-46(48-22-13-21-47-42-19-9-12-25-52(42)60-56(47)48)31-30-45-38-16-4-3-14-36(38)37-15-5-6-20-44(37)54(45)55/h3-33H,1-2H3. The minimum atomic E-state index is -0.157. The van der Waals surface area contributed by atoms with Crippen molar-refractivity contribution in [3.8, 4) is 22.3 Å². The number of hydrogen-bond acceptors (Lipinski definition) is 3. The van der Waals surface area contributed by atoms with Crippen LogP contribution >= 0.6 is 22.7 Å². The third-order valence-electron chi connectivity index (χ3n) is 13.2. The highest BCUT2D eigenvalue weighted by Gasteiger charge is 2.36. The molecule has 1 aliphatic rings. The van der Waals surface area contributed by atoms with Gasteiger partial charge in [0.15, 0.2) is 0 Å². The van der Waals surface area contributed by atoms with Crippen molar-refractivity contribution in [3.63, 3.8) is 0 Å². The molecule has 0 aliphatic heterocycles. The molecule has 0 spiro atoms. The quantitative estimate of drug-likeness (QED) is 0.160. The predicted octanol–water partition coefficient (Wildman–Crippen LogP) is 17.3. The van der Waals surface area contributed by atoms with Crippen LogP contribution in [0.15, 0.2) is 188 Å². The van der Waals surface area contributed by atoms with E-state index in [0.717, 1.165) is 11.4 Å². The van der Waals surface area contributed by atoms with Gasteiger partial charge in [-0.3, -0.25) is 0 Å². The fourth-order valence-corrected chi connectivity index (χ4v) is 12.8. The molecular formula is C57H37NS2. The van der Waals surface area contributed by atoms with Crippen molar-refractivity contribution in [2.24, 2.45) is 0 Å². The normalized spacial score (nSPS) is 13.3. The predicted molar refractivity (Wildman–Crippen MR) is 262 cm³/mol. The van der Waals surface area contributed by atoms with Gasteiger partial charge >= 0.3 is 0 Å². The van der Waals surface area contributed by atoms with E-state index in [9.17, 15) is 0 Å². The Morgan fingerprint density at radius 2 is 0.850 bits per heavy atom. The number of benzene rings is 10. The first-order chi connectivity index (χ1) is 29.5. The highest BCUT2D eigenvalue weighted by atomic mass is 32.1. The van der Waals surface area contributed by atoms with E-state index in [0.29, 0.717) is 0 Å². The number of rotatable bonds is 4. The summed E-state index contributed by atoms with van der Waals surface area (Å²) in [5, 5.41) is 12.8. The lowest BCUT2D eigenvalue weighted by molar-refractivity contribution is 0.660. The molecule has 0 saturated heterocycles. The summed E-state index contributed by atoms with van der Waals surface area (Å²) in [5.74, 6) is 0. The maximum atomic E-state index is 2.61. The second-order valence-electron chi connectivity index (χ2n) is 16.8. The van der Waals surface area contributed by atoms with Crippen molar-refractivity contribution in [2.75, 3.05) is 4.90 Å². The number of thiophene rings is 2. The molecule has 12 aromatic rings. The van der Waals surface area contributed by atoms with Gasteiger partial charge in [-0.05, 0) is 85.6 Å². The summed E-state index contributed by atoms with van der Waals surface area (Å²) in [7, 11) is 0. The second-order valence-corrected chi connectivity index (χ2v) is 18.9. The first-order valence-corrected chi connectivity index (χ1v) is 22.4. The van der Waals surface area contributed by atoms with Crippen LogP contribution in [0.25, 0.3) is 94.9 Å². The zero-order valence-corrected chi connectivity index (χ0v) is 34.8. The monoisotopic (exact) mass is 799 g/mol. The van der Waals surface area contributed by atoms with E-state index in [-0.39, 0.29) is 5.41 Å². The Balaban J connectivity index is 1.21. The molecule has 3 heteroatoms. The van der Waals surface area contributed by atoms with Gasteiger partial charge in [0.1, 0.15) is 0 Å². The highest BCUT2D eigenvalue weighted by molar-refractivity contribution is 7.26. The molecule has 0 atom stereocenters. The third kappa shape index (κ3) is 4.73. The molecule has 0 radical (unpaired) electrons. The molecule has 60 heavy (non-hydrogen) atoms. The Kier molecular flexibility index (Phi) is 7.17. The Morgan fingerprint density at radius 1 is 0.350 bits per heavy atom. The number of nitrogens with zero attached hydrogens (tertiary/aromatic N) is 1. The fraction of sp³-hybridized carbons (Fsp3) is 0.0526. The van der Waals surface area contributed by atoms with Gasteiger partial charge in [0.05, 0.1) is 5.69 Å². The van der Waals surface area contributed by atoms with Gasteiger partial charge in [0, 0.05) is 73.6 Å². The Morgan fingerprint density at radius 3 is 1.63 bits per heavy atom. The molecule has 0 bridgehead atoms. The van der Waals surface area contributed by atoms with Crippen molar-refractivity contribution < 1.29 is 0 Å². The minimum absolute atomic E-state index is 0.157. The molecule has 13 rings (SSSR count). The lowest BCUT2D eigenvalue weighted by Crippen LogP contribution is -2.17. The Bertz CT molecular complexity index is 3730. The average molecular weight is 800 g/mol. The van der Waals surface area contributed by atoms with Crippen molar-refractivity contribution in [2.45, 2.75) is 19.3 Å². The van der Waals surface area contributed by atoms with Crippen molar-refractivity contribution in [1.82, 2.24) is 0 Å². The second kappa shape index (κ2) is 12.6. The van der Waals surface area contributed by atoms with E-state index >= 15 is 0 Å². The Hall–Kier alpha value is -6.78. The molecule has 2 heterocycles. The number of fused-ring (bicyclic) bond motifs is 15. The maximum absolute atomic E-state index is 2.61. The SMILES string of the molecule is CC1(C)c2ccccc2-c2ccc(N(c3ccc4c(c3)sc3ccccc34)c3c(-c4cccc5c4sc4ccccc45)ccc4c5ccccc5c5ccccc5c34)cc21. The summed E-state index contributed by atoms with van der Waals surface area (Å²) < 4.78 is 5.23. The van der Waals surface area contributed by atoms with E-state index < -0.39 is 0 Å². The lowest BCUT2D eigenvalue weighted by atomic mass is 9.82. The van der Waals surface area contributed by atoms with Gasteiger partial charge in [-0.15, -0.1) is 22.7 Å². The first kappa shape index (κ1) is 34.1. The van der Waals surface area contributed by atoms with Crippen LogP contribution in [0.3, 0.4) is 0 Å². The minimum Gasteiger partial charge on any atom is -0.309 e. The van der Waals surface area contributed by atoms with Gasteiger partial charge in [0.2, 0.25) is 0 Å². The zero-order valence-electron chi connectivity index (χ0n) is 33.2. The molecule has 282 valence electrons. The van der Waals surface area contributed by atoms with Crippen LogP contribution in [0.5, 0.6) is 0 Å². The van der Waals surface area contributed by atoms with Crippen LogP contribution in [-0.4, -0.2) is 0 Å². The zero-order chi connectivity index (χ0) is 39.7. The van der Waals surface area contributed by atoms with E-state index in [2.05, 4.69) is 207 Å². The summed E-state index contributed by atoms with van der Waals surface area (Å²) in [6.07, 6.45) is 0. The summed E-state index contributed by atoms with van der Waals surface area (Å²) in [4.78, 5) is 2.61. The maximum Gasteiger partial charge on any atom is 0.0625 e. The molecule has 0 fully saturated rings. The van der Waals surface area contributed by atoms with Crippen molar-refractivity contribution in [1.29, 1.82) is 0 Å². The molecule has 1 aliphatic carbocycles. The van der Waals surface area contributed by atoms with Gasteiger partial charge in [-0.25, -0.2) is 0 Å². The summed E-state index contributed by atoms with van der Waals surface area (Å²) in [6, 6.07) is 70.8. The molecule has 0 unspecified atom stereocenters. The van der Waals surface area contributed by atoms with E-state index in [1.54, 1.807) is 0 Å². The van der Waals surface area contributed by atoms with Gasteiger partial charge in [-0.2, -0.15) is 0 Å². The Labute approximate surface area is 356 Å². The molecule has 0 saturated carbocycles. The van der Waals surface area contributed by atoms with Crippen LogP contribution in [0.1, 0.15) is 25.0 Å². The van der Waals surface area contributed by atoms with E-state index in [4.69, 9.17) is 0 Å². The summed E-state index contributed by atoms with van der Waals surface area (Å²) in [5.41, 5.74) is 11.2. The van der Waals surface area contributed by atoms with Gasteiger partial charge in [0.25, 0.3) is 0 Å². The molecule has 1 nitrogen and oxygen atoms in total. The number of anilines is 3. The van der Waals surface area contributed by atoms with Crippen LogP contribution in [-0.2, 0) is 5.41 Å².